The molecule has 0 aliphatic heterocycles. The van der Waals surface area contributed by atoms with Crippen LogP contribution < -0.4 is 10.1 Å². The molecule has 0 fully saturated rings. The molecule has 19 heavy (non-hydrogen) atoms. The third-order valence-corrected chi connectivity index (χ3v) is 2.59. The average molecular weight is 377 g/mol. The van der Waals surface area contributed by atoms with E-state index in [2.05, 4.69) is 23.3 Å². The molecule has 0 spiro atoms. The number of para-hydroxylation sites is 1. The van der Waals surface area contributed by atoms with E-state index in [0.717, 1.165) is 31.2 Å². The fourth-order valence-corrected chi connectivity index (χ4v) is 1.71. The summed E-state index contributed by atoms with van der Waals surface area (Å²) in [6.07, 6.45) is 0.882. The highest BCUT2D eigenvalue weighted by Crippen LogP contribution is 2.17. The van der Waals surface area contributed by atoms with E-state index in [4.69, 9.17) is 4.74 Å². The zero-order valence-corrected chi connectivity index (χ0v) is 14.5. The number of ether oxygens (including phenoxy) is 1. The first-order valence-corrected chi connectivity index (χ1v) is 6.26. The van der Waals surface area contributed by atoms with Crippen molar-refractivity contribution in [1.29, 1.82) is 0 Å². The van der Waals surface area contributed by atoms with Crippen LogP contribution in [0.3, 0.4) is 0 Å². The first-order chi connectivity index (χ1) is 8.69. The summed E-state index contributed by atoms with van der Waals surface area (Å²) in [5, 5.41) is 3.24. The molecule has 0 amide bonds. The van der Waals surface area contributed by atoms with Gasteiger partial charge in [0.15, 0.2) is 5.96 Å². The molecule has 0 aliphatic carbocycles. The molecule has 1 rings (SSSR count). The Morgan fingerprint density at radius 2 is 2.00 bits per heavy atom. The van der Waals surface area contributed by atoms with Crippen LogP contribution in [0.25, 0.3) is 0 Å². The normalized spacial score (nSPS) is 10.6. The first-order valence-electron chi connectivity index (χ1n) is 6.26. The maximum atomic E-state index is 5.32. The summed E-state index contributed by atoms with van der Waals surface area (Å²) in [5.41, 5.74) is 1.19. The lowest BCUT2D eigenvalue weighted by molar-refractivity contribution is 0.409. The number of nitrogens with one attached hydrogen (secondary N) is 1. The third kappa shape index (κ3) is 6.13. The second kappa shape index (κ2) is 9.89. The maximum Gasteiger partial charge on any atom is 0.193 e. The van der Waals surface area contributed by atoms with Crippen LogP contribution >= 0.6 is 24.0 Å². The summed E-state index contributed by atoms with van der Waals surface area (Å²) in [5.74, 6) is 1.86. The van der Waals surface area contributed by atoms with Crippen molar-refractivity contribution in [1.82, 2.24) is 10.2 Å². The molecule has 0 unspecified atom stereocenters. The van der Waals surface area contributed by atoms with Gasteiger partial charge in [0.1, 0.15) is 5.75 Å². The molecule has 0 radical (unpaired) electrons. The first kappa shape index (κ1) is 18.0. The minimum absolute atomic E-state index is 0. The van der Waals surface area contributed by atoms with Gasteiger partial charge in [0.05, 0.1) is 7.11 Å². The molecule has 0 atom stereocenters. The number of benzene rings is 1. The predicted octanol–water partition coefficient (Wildman–Crippen LogP) is 2.38. The minimum Gasteiger partial charge on any atom is -0.496 e. The Morgan fingerprint density at radius 3 is 2.58 bits per heavy atom. The molecule has 0 saturated carbocycles. The largest absolute Gasteiger partial charge is 0.496 e. The Morgan fingerprint density at radius 1 is 1.32 bits per heavy atom. The number of hydrogen-bond donors (Lipinski definition) is 1. The van der Waals surface area contributed by atoms with Gasteiger partial charge in [0.2, 0.25) is 0 Å². The van der Waals surface area contributed by atoms with E-state index >= 15 is 0 Å². The number of rotatable bonds is 5. The molecule has 1 aromatic carbocycles. The van der Waals surface area contributed by atoms with Crippen LogP contribution in [0.4, 0.5) is 0 Å². The van der Waals surface area contributed by atoms with Gasteiger partial charge >= 0.3 is 0 Å². The molecule has 4 nitrogen and oxygen atoms in total. The van der Waals surface area contributed by atoms with Gasteiger partial charge in [0, 0.05) is 27.2 Å². The van der Waals surface area contributed by atoms with E-state index in [1.54, 1.807) is 7.11 Å². The third-order valence-electron chi connectivity index (χ3n) is 2.59. The Kier molecular flexibility index (Phi) is 9.38. The van der Waals surface area contributed by atoms with Gasteiger partial charge in [-0.15, -0.1) is 24.0 Å². The van der Waals surface area contributed by atoms with E-state index in [0.29, 0.717) is 0 Å². The van der Waals surface area contributed by atoms with Crippen molar-refractivity contribution in [3.8, 4) is 5.75 Å². The van der Waals surface area contributed by atoms with Crippen LogP contribution in [0, 0.1) is 0 Å². The summed E-state index contributed by atoms with van der Waals surface area (Å²) in [6, 6.07) is 8.07. The lowest BCUT2D eigenvalue weighted by Crippen LogP contribution is -2.36. The zero-order chi connectivity index (χ0) is 13.4. The van der Waals surface area contributed by atoms with Crippen molar-refractivity contribution in [2.45, 2.75) is 13.3 Å². The van der Waals surface area contributed by atoms with Crippen LogP contribution in [0.15, 0.2) is 29.3 Å². The van der Waals surface area contributed by atoms with Crippen LogP contribution in [0.5, 0.6) is 5.75 Å². The molecule has 0 saturated heterocycles. The number of guanidine groups is 1. The lowest BCUT2D eigenvalue weighted by Gasteiger charge is -2.16. The molecular formula is C14H24IN3O. The highest BCUT2D eigenvalue weighted by atomic mass is 127. The van der Waals surface area contributed by atoms with E-state index in [1.165, 1.54) is 5.56 Å². The maximum absolute atomic E-state index is 5.32. The van der Waals surface area contributed by atoms with Crippen LogP contribution in [-0.2, 0) is 6.42 Å². The van der Waals surface area contributed by atoms with Gasteiger partial charge in [-0.1, -0.05) is 18.2 Å². The molecule has 0 aliphatic rings. The van der Waals surface area contributed by atoms with Crippen LogP contribution in [-0.4, -0.2) is 45.2 Å². The van der Waals surface area contributed by atoms with Crippen LogP contribution in [0.2, 0.25) is 0 Å². The van der Waals surface area contributed by atoms with Gasteiger partial charge in [-0.3, -0.25) is 4.99 Å². The fourth-order valence-electron chi connectivity index (χ4n) is 1.71. The average Bonchev–Trinajstić information content (AvgIpc) is 2.38. The number of aliphatic imine (C=N–C) groups is 1. The second-order valence-corrected chi connectivity index (χ2v) is 4.19. The van der Waals surface area contributed by atoms with E-state index in [-0.39, 0.29) is 24.0 Å². The molecule has 1 aromatic rings. The van der Waals surface area contributed by atoms with E-state index in [9.17, 15) is 0 Å². The van der Waals surface area contributed by atoms with Gasteiger partial charge < -0.3 is 15.0 Å². The van der Waals surface area contributed by atoms with Gasteiger partial charge in [-0.2, -0.15) is 0 Å². The fraction of sp³-hybridized carbons (Fsp3) is 0.500. The smallest absolute Gasteiger partial charge is 0.193 e. The number of halogens is 1. The van der Waals surface area contributed by atoms with Crippen molar-refractivity contribution in [2.24, 2.45) is 4.99 Å². The van der Waals surface area contributed by atoms with E-state index in [1.807, 2.05) is 37.2 Å². The molecule has 0 aromatic heterocycles. The predicted molar refractivity (Wildman–Crippen MR) is 91.8 cm³/mol. The monoisotopic (exact) mass is 377 g/mol. The zero-order valence-electron chi connectivity index (χ0n) is 12.1. The summed E-state index contributed by atoms with van der Waals surface area (Å²) < 4.78 is 5.32. The van der Waals surface area contributed by atoms with Gasteiger partial charge in [-0.05, 0) is 25.0 Å². The SMILES string of the molecule is CCNC(=NCCc1ccccc1OC)N(C)C.I. The van der Waals surface area contributed by atoms with Crippen molar-refractivity contribution in [3.63, 3.8) is 0 Å². The second-order valence-electron chi connectivity index (χ2n) is 4.19. The number of hydrogen-bond acceptors (Lipinski definition) is 2. The van der Waals surface area contributed by atoms with Gasteiger partial charge in [-0.25, -0.2) is 0 Å². The molecule has 5 heteroatoms. The molecule has 0 heterocycles. The van der Waals surface area contributed by atoms with Crippen molar-refractivity contribution in [3.05, 3.63) is 29.8 Å². The minimum atomic E-state index is 0. The molecular weight excluding hydrogens is 353 g/mol. The van der Waals surface area contributed by atoms with Gasteiger partial charge in [0.25, 0.3) is 0 Å². The highest BCUT2D eigenvalue weighted by Gasteiger charge is 2.02. The topological polar surface area (TPSA) is 36.9 Å². The Hall–Kier alpha value is -0.980. The number of methoxy groups -OCH3 is 1. The summed E-state index contributed by atoms with van der Waals surface area (Å²) in [4.78, 5) is 6.55. The summed E-state index contributed by atoms with van der Waals surface area (Å²) >= 11 is 0. The van der Waals surface area contributed by atoms with Crippen LogP contribution in [0.1, 0.15) is 12.5 Å². The highest BCUT2D eigenvalue weighted by molar-refractivity contribution is 14.0. The molecule has 0 bridgehead atoms. The van der Waals surface area contributed by atoms with Crippen molar-refractivity contribution in [2.75, 3.05) is 34.3 Å². The van der Waals surface area contributed by atoms with E-state index < -0.39 is 0 Å². The van der Waals surface area contributed by atoms with Crippen molar-refractivity contribution >= 4 is 29.9 Å². The summed E-state index contributed by atoms with van der Waals surface area (Å²) in [6.45, 7) is 3.70. The lowest BCUT2D eigenvalue weighted by atomic mass is 10.1. The number of nitrogens with zero attached hydrogens (tertiary/aromatic N) is 2. The quantitative estimate of drug-likeness (QED) is 0.487. The standard InChI is InChI=1S/C14H23N3O.HI/c1-5-15-14(17(2)3)16-11-10-12-8-6-7-9-13(12)18-4;/h6-9H,5,10-11H2,1-4H3,(H,15,16);1H. The van der Waals surface area contributed by atoms with Crippen molar-refractivity contribution < 1.29 is 4.74 Å². The Bertz CT molecular complexity index is 394. The summed E-state index contributed by atoms with van der Waals surface area (Å²) in [7, 11) is 5.68. The Labute approximate surface area is 133 Å². The molecule has 1 N–H and O–H groups in total. The molecule has 108 valence electrons. The Balaban J connectivity index is 0.00000324.